The maximum atomic E-state index is 11.0. The maximum absolute atomic E-state index is 11.0. The van der Waals surface area contributed by atoms with E-state index in [-0.39, 0.29) is 5.78 Å². The van der Waals surface area contributed by atoms with Crippen molar-refractivity contribution in [1.29, 1.82) is 5.26 Å². The molecule has 0 N–H and O–H groups in total. The van der Waals surface area contributed by atoms with Crippen LogP contribution in [-0.2, 0) is 4.79 Å². The van der Waals surface area contributed by atoms with Crippen molar-refractivity contribution in [3.63, 3.8) is 0 Å². The van der Waals surface area contributed by atoms with Gasteiger partial charge in [-0.3, -0.25) is 4.79 Å². The minimum absolute atomic E-state index is 0.198. The zero-order valence-electron chi connectivity index (χ0n) is 7.66. The molecule has 1 aliphatic carbocycles. The predicted octanol–water partition coefficient (Wildman–Crippen LogP) is 2.30. The van der Waals surface area contributed by atoms with E-state index < -0.39 is 0 Å². The lowest BCUT2D eigenvalue weighted by molar-refractivity contribution is -0.114. The minimum atomic E-state index is 0.198. The van der Waals surface area contributed by atoms with Crippen LogP contribution in [0.25, 0.3) is 5.57 Å². The molecular weight excluding hydrogens is 174 g/mol. The summed E-state index contributed by atoms with van der Waals surface area (Å²) in [7, 11) is 0. The number of carbonyl (C=O) groups excluding carboxylic acids is 1. The summed E-state index contributed by atoms with van der Waals surface area (Å²) in [5, 5.41) is 8.62. The third-order valence-electron chi connectivity index (χ3n) is 2.36. The van der Waals surface area contributed by atoms with Crippen LogP contribution in [0.15, 0.2) is 30.3 Å². The van der Waals surface area contributed by atoms with Gasteiger partial charge in [0.15, 0.2) is 5.78 Å². The van der Waals surface area contributed by atoms with Crippen molar-refractivity contribution in [2.45, 2.75) is 12.8 Å². The minimum Gasteiger partial charge on any atom is -0.295 e. The number of nitriles is 1. The average molecular weight is 183 g/mol. The number of allylic oxidation sites excluding steroid dienone is 2. The molecule has 0 aliphatic heterocycles. The van der Waals surface area contributed by atoms with Crippen molar-refractivity contribution >= 4 is 11.4 Å². The number of benzene rings is 1. The molecule has 68 valence electrons. The molecule has 1 aromatic carbocycles. The highest BCUT2D eigenvalue weighted by molar-refractivity contribution is 6.01. The van der Waals surface area contributed by atoms with Crippen LogP contribution >= 0.6 is 0 Å². The van der Waals surface area contributed by atoms with Gasteiger partial charge in [0, 0.05) is 6.42 Å². The molecule has 1 aromatic rings. The molecule has 0 saturated carbocycles. The zero-order chi connectivity index (χ0) is 9.97. The maximum Gasteiger partial charge on any atom is 0.156 e. The van der Waals surface area contributed by atoms with Gasteiger partial charge in [-0.1, -0.05) is 12.1 Å². The fourth-order valence-corrected chi connectivity index (χ4v) is 1.58. The van der Waals surface area contributed by atoms with E-state index >= 15 is 0 Å². The molecule has 0 radical (unpaired) electrons. The van der Waals surface area contributed by atoms with Gasteiger partial charge in [-0.05, 0) is 35.8 Å². The zero-order valence-corrected chi connectivity index (χ0v) is 7.66. The topological polar surface area (TPSA) is 40.9 Å². The first-order valence-electron chi connectivity index (χ1n) is 4.53. The predicted molar refractivity (Wildman–Crippen MR) is 53.4 cm³/mol. The van der Waals surface area contributed by atoms with E-state index in [9.17, 15) is 4.79 Å². The van der Waals surface area contributed by atoms with Gasteiger partial charge in [0.05, 0.1) is 11.6 Å². The van der Waals surface area contributed by atoms with E-state index in [1.807, 2.05) is 12.1 Å². The Morgan fingerprint density at radius 2 is 1.86 bits per heavy atom. The summed E-state index contributed by atoms with van der Waals surface area (Å²) in [4.78, 5) is 11.0. The van der Waals surface area contributed by atoms with E-state index in [1.165, 1.54) is 0 Å². The molecule has 0 heterocycles. The molecule has 0 unspecified atom stereocenters. The molecular formula is C12H9NO. The number of ketones is 1. The Hall–Kier alpha value is -1.88. The molecule has 0 aromatic heterocycles. The van der Waals surface area contributed by atoms with Gasteiger partial charge >= 0.3 is 0 Å². The number of carbonyl (C=O) groups is 1. The number of hydrogen-bond donors (Lipinski definition) is 0. The van der Waals surface area contributed by atoms with Crippen molar-refractivity contribution in [2.24, 2.45) is 0 Å². The molecule has 0 atom stereocenters. The Bertz CT molecular complexity index is 434. The second-order valence-electron chi connectivity index (χ2n) is 3.33. The summed E-state index contributed by atoms with van der Waals surface area (Å²) >= 11 is 0. The first-order chi connectivity index (χ1) is 6.79. The van der Waals surface area contributed by atoms with Crippen LogP contribution in [0.4, 0.5) is 0 Å². The van der Waals surface area contributed by atoms with E-state index in [4.69, 9.17) is 5.26 Å². The summed E-state index contributed by atoms with van der Waals surface area (Å²) in [6, 6.07) is 9.40. The highest BCUT2D eigenvalue weighted by atomic mass is 16.1. The Morgan fingerprint density at radius 3 is 2.36 bits per heavy atom. The van der Waals surface area contributed by atoms with E-state index in [1.54, 1.807) is 18.2 Å². The molecule has 1 aliphatic rings. The van der Waals surface area contributed by atoms with Crippen LogP contribution in [0.2, 0.25) is 0 Å². The van der Waals surface area contributed by atoms with Crippen molar-refractivity contribution in [3.05, 3.63) is 41.5 Å². The molecule has 2 heteroatoms. The van der Waals surface area contributed by atoms with Crippen molar-refractivity contribution in [3.8, 4) is 6.07 Å². The lowest BCUT2D eigenvalue weighted by Crippen LogP contribution is -1.81. The van der Waals surface area contributed by atoms with Gasteiger partial charge in [0.2, 0.25) is 0 Å². The van der Waals surface area contributed by atoms with E-state index in [0.717, 1.165) is 17.6 Å². The summed E-state index contributed by atoms with van der Waals surface area (Å²) < 4.78 is 0. The Balaban J connectivity index is 2.31. The lowest BCUT2D eigenvalue weighted by Gasteiger charge is -2.00. The van der Waals surface area contributed by atoms with Gasteiger partial charge < -0.3 is 0 Å². The third kappa shape index (κ3) is 1.57. The van der Waals surface area contributed by atoms with Crippen LogP contribution in [0.1, 0.15) is 24.0 Å². The smallest absolute Gasteiger partial charge is 0.156 e. The first-order valence-corrected chi connectivity index (χ1v) is 4.53. The van der Waals surface area contributed by atoms with Gasteiger partial charge in [0.25, 0.3) is 0 Å². The molecule has 0 amide bonds. The molecule has 0 fully saturated rings. The van der Waals surface area contributed by atoms with Crippen molar-refractivity contribution in [2.75, 3.05) is 0 Å². The molecule has 0 spiro atoms. The highest BCUT2D eigenvalue weighted by Crippen LogP contribution is 2.25. The monoisotopic (exact) mass is 183 g/mol. The summed E-state index contributed by atoms with van der Waals surface area (Å²) in [5.41, 5.74) is 2.79. The van der Waals surface area contributed by atoms with Crippen LogP contribution in [0.3, 0.4) is 0 Å². The van der Waals surface area contributed by atoms with Gasteiger partial charge in [0.1, 0.15) is 0 Å². The summed E-state index contributed by atoms with van der Waals surface area (Å²) in [5.74, 6) is 0.198. The molecule has 2 nitrogen and oxygen atoms in total. The largest absolute Gasteiger partial charge is 0.295 e. The Morgan fingerprint density at radius 1 is 1.14 bits per heavy atom. The Labute approximate surface area is 82.5 Å². The SMILES string of the molecule is N#Cc1ccc(C2=CC(=O)CC2)cc1. The highest BCUT2D eigenvalue weighted by Gasteiger charge is 2.12. The fraction of sp³-hybridized carbons (Fsp3) is 0.167. The Kier molecular flexibility index (Phi) is 2.16. The summed E-state index contributed by atoms with van der Waals surface area (Å²) in [6.45, 7) is 0. The van der Waals surface area contributed by atoms with Gasteiger partial charge in [-0.25, -0.2) is 0 Å². The quantitative estimate of drug-likeness (QED) is 0.670. The van der Waals surface area contributed by atoms with Gasteiger partial charge in [-0.15, -0.1) is 0 Å². The van der Waals surface area contributed by atoms with E-state index in [0.29, 0.717) is 12.0 Å². The van der Waals surface area contributed by atoms with E-state index in [2.05, 4.69) is 6.07 Å². The second kappa shape index (κ2) is 3.47. The fourth-order valence-electron chi connectivity index (χ4n) is 1.58. The third-order valence-corrected chi connectivity index (χ3v) is 2.36. The number of hydrogen-bond acceptors (Lipinski definition) is 2. The standard InChI is InChI=1S/C12H9NO/c13-8-9-1-3-10(4-2-9)11-5-6-12(14)7-11/h1-4,7H,5-6H2. The van der Waals surface area contributed by atoms with Crippen LogP contribution in [-0.4, -0.2) is 5.78 Å². The van der Waals surface area contributed by atoms with Crippen molar-refractivity contribution in [1.82, 2.24) is 0 Å². The summed E-state index contributed by atoms with van der Waals surface area (Å²) in [6.07, 6.45) is 3.14. The molecule has 2 rings (SSSR count). The number of rotatable bonds is 1. The second-order valence-corrected chi connectivity index (χ2v) is 3.33. The average Bonchev–Trinajstić information content (AvgIpc) is 2.65. The normalized spacial score (nSPS) is 15.1. The van der Waals surface area contributed by atoms with Crippen LogP contribution in [0, 0.1) is 11.3 Å². The van der Waals surface area contributed by atoms with Crippen LogP contribution < -0.4 is 0 Å². The first kappa shape index (κ1) is 8.71. The number of nitrogens with zero attached hydrogens (tertiary/aromatic N) is 1. The van der Waals surface area contributed by atoms with Crippen molar-refractivity contribution < 1.29 is 4.79 Å². The molecule has 0 bridgehead atoms. The van der Waals surface area contributed by atoms with Crippen LogP contribution in [0.5, 0.6) is 0 Å². The molecule has 14 heavy (non-hydrogen) atoms. The lowest BCUT2D eigenvalue weighted by atomic mass is 10.0. The molecule has 0 saturated heterocycles. The van der Waals surface area contributed by atoms with Gasteiger partial charge in [-0.2, -0.15) is 5.26 Å².